The minimum absolute atomic E-state index is 0.543. The van der Waals surface area contributed by atoms with Crippen LogP contribution in [0, 0.1) is 6.92 Å². The van der Waals surface area contributed by atoms with Crippen LogP contribution in [0.2, 0.25) is 0 Å². The zero-order valence-corrected chi connectivity index (χ0v) is 16.8. The fourth-order valence-electron chi connectivity index (χ4n) is 4.26. The van der Waals surface area contributed by atoms with Gasteiger partial charge < -0.3 is 9.64 Å². The first-order chi connectivity index (χ1) is 13.8. The van der Waals surface area contributed by atoms with E-state index in [1.807, 2.05) is 0 Å². The highest BCUT2D eigenvalue weighted by Crippen LogP contribution is 2.33. The van der Waals surface area contributed by atoms with Gasteiger partial charge in [0, 0.05) is 18.2 Å². The van der Waals surface area contributed by atoms with Gasteiger partial charge in [0.25, 0.3) is 0 Å². The van der Waals surface area contributed by atoms with Crippen LogP contribution in [0.1, 0.15) is 36.8 Å². The summed E-state index contributed by atoms with van der Waals surface area (Å²) in [5.74, 6) is 2.04. The molecule has 0 aliphatic carbocycles. The van der Waals surface area contributed by atoms with Gasteiger partial charge in [-0.1, -0.05) is 42.5 Å². The summed E-state index contributed by atoms with van der Waals surface area (Å²) < 4.78 is 5.27. The van der Waals surface area contributed by atoms with Gasteiger partial charge in [-0.25, -0.2) is 0 Å². The Balaban J connectivity index is 1.50. The maximum Gasteiger partial charge on any atom is 0.154 e. The maximum atomic E-state index is 5.27. The third-order valence-corrected chi connectivity index (χ3v) is 5.87. The van der Waals surface area contributed by atoms with Crippen molar-refractivity contribution in [3.8, 4) is 17.0 Å². The van der Waals surface area contributed by atoms with Crippen LogP contribution in [-0.2, 0) is 6.42 Å². The monoisotopic (exact) mass is 375 g/mol. The topological polar surface area (TPSA) is 41.1 Å². The lowest BCUT2D eigenvalue weighted by Gasteiger charge is -2.36. The van der Waals surface area contributed by atoms with Gasteiger partial charge in [0.05, 0.1) is 12.8 Å². The van der Waals surface area contributed by atoms with Crippen molar-refractivity contribution in [3.63, 3.8) is 0 Å². The summed E-state index contributed by atoms with van der Waals surface area (Å²) in [6.45, 7) is 3.28. The fourth-order valence-corrected chi connectivity index (χ4v) is 4.26. The van der Waals surface area contributed by atoms with Crippen molar-refractivity contribution in [1.29, 1.82) is 0 Å². The number of methoxy groups -OCH3 is 1. The minimum atomic E-state index is 0.543. The van der Waals surface area contributed by atoms with Crippen LogP contribution in [0.15, 0.2) is 54.6 Å². The smallest absolute Gasteiger partial charge is 0.154 e. The van der Waals surface area contributed by atoms with Crippen molar-refractivity contribution in [2.75, 3.05) is 18.6 Å². The molecule has 1 saturated heterocycles. The van der Waals surface area contributed by atoms with Crippen LogP contribution < -0.4 is 9.64 Å². The van der Waals surface area contributed by atoms with Crippen molar-refractivity contribution in [1.82, 2.24) is 10.2 Å². The van der Waals surface area contributed by atoms with Crippen molar-refractivity contribution < 1.29 is 4.74 Å². The lowest BCUT2D eigenvalue weighted by molar-refractivity contribution is 0.414. The fraction of sp³-hybridized carbons (Fsp3) is 0.375. The SMILES string of the molecule is COc1ccc(CCC2CCCCN2c2n[nH]c(-c3ccccc3)c2C)cc1. The summed E-state index contributed by atoms with van der Waals surface area (Å²) in [5.41, 5.74) is 4.96. The van der Waals surface area contributed by atoms with E-state index >= 15 is 0 Å². The standard InChI is InChI=1S/C24H29N3O/c1-18-23(20-8-4-3-5-9-20)25-26-24(18)27-17-7-6-10-21(27)14-11-19-12-15-22(28-2)16-13-19/h3-5,8-9,12-13,15-16,21H,6-7,10-11,14,17H2,1-2H3,(H,25,26). The van der Waals surface area contributed by atoms with Crippen molar-refractivity contribution in [3.05, 3.63) is 65.7 Å². The number of hydrogen-bond acceptors (Lipinski definition) is 3. The Hall–Kier alpha value is -2.75. The molecule has 1 aliphatic heterocycles. The number of nitrogens with zero attached hydrogens (tertiary/aromatic N) is 2. The molecule has 1 fully saturated rings. The Morgan fingerprint density at radius 1 is 1.07 bits per heavy atom. The summed E-state index contributed by atoms with van der Waals surface area (Å²) in [7, 11) is 1.71. The molecule has 0 radical (unpaired) electrons. The number of aromatic amines is 1. The van der Waals surface area contributed by atoms with E-state index in [2.05, 4.69) is 71.5 Å². The summed E-state index contributed by atoms with van der Waals surface area (Å²) in [6, 6.07) is 19.5. The normalized spacial score (nSPS) is 16.9. The maximum absolute atomic E-state index is 5.27. The molecule has 4 nitrogen and oxygen atoms in total. The number of aryl methyl sites for hydroxylation is 1. The Morgan fingerprint density at radius 2 is 1.86 bits per heavy atom. The first-order valence-corrected chi connectivity index (χ1v) is 10.3. The number of nitrogens with one attached hydrogen (secondary N) is 1. The van der Waals surface area contributed by atoms with E-state index < -0.39 is 0 Å². The number of ether oxygens (including phenoxy) is 1. The predicted octanol–water partition coefficient (Wildman–Crippen LogP) is 5.39. The van der Waals surface area contributed by atoms with E-state index in [1.165, 1.54) is 36.0 Å². The first-order valence-electron chi connectivity index (χ1n) is 10.3. The van der Waals surface area contributed by atoms with Crippen LogP contribution in [0.3, 0.4) is 0 Å². The Morgan fingerprint density at radius 3 is 2.61 bits per heavy atom. The highest BCUT2D eigenvalue weighted by molar-refractivity contribution is 5.69. The number of hydrogen-bond donors (Lipinski definition) is 1. The van der Waals surface area contributed by atoms with Gasteiger partial charge in [-0.05, 0) is 62.3 Å². The average molecular weight is 376 g/mol. The van der Waals surface area contributed by atoms with Gasteiger partial charge in [-0.3, -0.25) is 5.10 Å². The molecule has 0 spiro atoms. The molecule has 1 aliphatic rings. The molecule has 3 aromatic rings. The third kappa shape index (κ3) is 3.91. The molecular formula is C24H29N3O. The number of rotatable bonds is 6. The quantitative estimate of drug-likeness (QED) is 0.628. The zero-order valence-electron chi connectivity index (χ0n) is 16.8. The van der Waals surface area contributed by atoms with Crippen LogP contribution in [0.5, 0.6) is 5.75 Å². The first kappa shape index (κ1) is 18.6. The predicted molar refractivity (Wildman–Crippen MR) is 115 cm³/mol. The second kappa shape index (κ2) is 8.51. The van der Waals surface area contributed by atoms with E-state index in [9.17, 15) is 0 Å². The van der Waals surface area contributed by atoms with Gasteiger partial charge in [0.2, 0.25) is 0 Å². The van der Waals surface area contributed by atoms with E-state index in [0.29, 0.717) is 6.04 Å². The second-order valence-corrected chi connectivity index (χ2v) is 7.64. The molecule has 0 amide bonds. The highest BCUT2D eigenvalue weighted by atomic mass is 16.5. The molecule has 4 rings (SSSR count). The molecule has 1 N–H and O–H groups in total. The van der Waals surface area contributed by atoms with Gasteiger partial charge in [0.15, 0.2) is 5.82 Å². The molecule has 28 heavy (non-hydrogen) atoms. The lowest BCUT2D eigenvalue weighted by Crippen LogP contribution is -2.40. The lowest BCUT2D eigenvalue weighted by atomic mass is 9.95. The Bertz CT molecular complexity index is 886. The van der Waals surface area contributed by atoms with Crippen LogP contribution >= 0.6 is 0 Å². The number of H-pyrrole nitrogens is 1. The van der Waals surface area contributed by atoms with Gasteiger partial charge >= 0.3 is 0 Å². The highest BCUT2D eigenvalue weighted by Gasteiger charge is 2.26. The molecule has 4 heteroatoms. The van der Waals surface area contributed by atoms with Crippen molar-refractivity contribution in [2.45, 2.75) is 45.1 Å². The number of benzene rings is 2. The minimum Gasteiger partial charge on any atom is -0.497 e. The number of piperidine rings is 1. The molecule has 1 aromatic heterocycles. The molecule has 1 atom stereocenters. The Kier molecular flexibility index (Phi) is 5.65. The van der Waals surface area contributed by atoms with Crippen LogP contribution in [0.4, 0.5) is 5.82 Å². The Labute approximate surface area is 167 Å². The molecule has 146 valence electrons. The van der Waals surface area contributed by atoms with Crippen molar-refractivity contribution >= 4 is 5.82 Å². The molecular weight excluding hydrogens is 346 g/mol. The number of anilines is 1. The van der Waals surface area contributed by atoms with E-state index in [1.54, 1.807) is 7.11 Å². The van der Waals surface area contributed by atoms with Gasteiger partial charge in [0.1, 0.15) is 5.75 Å². The van der Waals surface area contributed by atoms with Crippen LogP contribution in [0.25, 0.3) is 11.3 Å². The second-order valence-electron chi connectivity index (χ2n) is 7.64. The van der Waals surface area contributed by atoms with Gasteiger partial charge in [-0.15, -0.1) is 0 Å². The average Bonchev–Trinajstić information content (AvgIpc) is 3.14. The molecule has 2 aromatic carbocycles. The molecule has 0 saturated carbocycles. The van der Waals surface area contributed by atoms with Crippen molar-refractivity contribution in [2.24, 2.45) is 0 Å². The summed E-state index contributed by atoms with van der Waals surface area (Å²) in [6.07, 6.45) is 6.02. The van der Waals surface area contributed by atoms with E-state index in [-0.39, 0.29) is 0 Å². The third-order valence-electron chi connectivity index (χ3n) is 5.87. The molecule has 2 heterocycles. The summed E-state index contributed by atoms with van der Waals surface area (Å²) >= 11 is 0. The molecule has 0 bridgehead atoms. The van der Waals surface area contributed by atoms with E-state index in [0.717, 1.165) is 36.6 Å². The van der Waals surface area contributed by atoms with Gasteiger partial charge in [-0.2, -0.15) is 5.10 Å². The number of aromatic nitrogens is 2. The van der Waals surface area contributed by atoms with E-state index in [4.69, 9.17) is 9.84 Å². The van der Waals surface area contributed by atoms with Crippen LogP contribution in [-0.4, -0.2) is 29.9 Å². The summed E-state index contributed by atoms with van der Waals surface area (Å²) in [4.78, 5) is 2.53. The largest absolute Gasteiger partial charge is 0.497 e. The summed E-state index contributed by atoms with van der Waals surface area (Å²) in [5, 5.41) is 8.02. The molecule has 1 unspecified atom stereocenters. The zero-order chi connectivity index (χ0) is 19.3.